The number of ether oxygens (including phenoxy) is 1. The molecule has 0 bridgehead atoms. The van der Waals surface area contributed by atoms with Crippen LogP contribution in [-0.2, 0) is 14.3 Å². The summed E-state index contributed by atoms with van der Waals surface area (Å²) in [6.45, 7) is 1.42. The maximum absolute atomic E-state index is 12.0. The van der Waals surface area contributed by atoms with Crippen molar-refractivity contribution in [2.45, 2.75) is 24.1 Å². The van der Waals surface area contributed by atoms with Crippen molar-refractivity contribution in [3.8, 4) is 0 Å². The number of nitrogens with zero attached hydrogens (tertiary/aromatic N) is 1. The van der Waals surface area contributed by atoms with Crippen molar-refractivity contribution in [3.05, 3.63) is 52.0 Å². The molecular formula is C20H18Cl2N2O3S2. The van der Waals surface area contributed by atoms with Gasteiger partial charge in [-0.2, -0.15) is 0 Å². The van der Waals surface area contributed by atoms with Gasteiger partial charge >= 0.3 is 5.97 Å². The third-order valence-electron chi connectivity index (χ3n) is 3.94. The van der Waals surface area contributed by atoms with Crippen LogP contribution in [0.1, 0.15) is 18.4 Å². The molecule has 152 valence electrons. The zero-order valence-corrected chi connectivity index (χ0v) is 18.7. The summed E-state index contributed by atoms with van der Waals surface area (Å²) >= 11 is 15.5. The fourth-order valence-electron chi connectivity index (χ4n) is 2.45. The van der Waals surface area contributed by atoms with Gasteiger partial charge in [0.1, 0.15) is 0 Å². The quantitative estimate of drug-likeness (QED) is 0.250. The number of aromatic nitrogens is 1. The fourth-order valence-corrected chi connectivity index (χ4v) is 5.00. The number of rotatable bonds is 8. The molecule has 29 heavy (non-hydrogen) atoms. The van der Waals surface area contributed by atoms with Crippen LogP contribution in [0.3, 0.4) is 0 Å². The minimum atomic E-state index is -0.489. The molecule has 0 spiro atoms. The van der Waals surface area contributed by atoms with E-state index in [9.17, 15) is 9.59 Å². The summed E-state index contributed by atoms with van der Waals surface area (Å²) in [5.74, 6) is -0.168. The molecular weight excluding hydrogens is 451 g/mol. The highest BCUT2D eigenvalue weighted by atomic mass is 35.5. The second-order valence-electron chi connectivity index (χ2n) is 6.16. The molecule has 3 aromatic rings. The molecule has 0 aliphatic heterocycles. The number of aryl methyl sites for hydroxylation is 1. The van der Waals surface area contributed by atoms with Crippen LogP contribution < -0.4 is 5.32 Å². The molecule has 0 aliphatic carbocycles. The lowest BCUT2D eigenvalue weighted by Gasteiger charge is -2.11. The topological polar surface area (TPSA) is 68.3 Å². The van der Waals surface area contributed by atoms with Crippen molar-refractivity contribution in [2.24, 2.45) is 0 Å². The summed E-state index contributed by atoms with van der Waals surface area (Å²) in [5, 5.41) is 3.28. The molecule has 0 unspecified atom stereocenters. The zero-order valence-electron chi connectivity index (χ0n) is 15.5. The Hall–Kier alpha value is -1.80. The van der Waals surface area contributed by atoms with Gasteiger partial charge in [0, 0.05) is 12.2 Å². The Morgan fingerprint density at radius 2 is 2.00 bits per heavy atom. The van der Waals surface area contributed by atoms with Crippen molar-refractivity contribution in [1.29, 1.82) is 0 Å². The number of carbonyl (C=O) groups is 2. The standard InChI is InChI=1S/C20H18Cl2N2O3S2/c1-12-8-9-13(21)19(18(12)22)24-16(25)11-27-17(26)7-4-10-28-20-23-14-5-2-3-6-15(14)29-20/h2-3,5-6,8-9H,4,7,10-11H2,1H3,(H,24,25). The maximum atomic E-state index is 12.0. The number of thioether (sulfide) groups is 1. The number of hydrogen-bond acceptors (Lipinski definition) is 6. The lowest BCUT2D eigenvalue weighted by Crippen LogP contribution is -2.21. The normalized spacial score (nSPS) is 10.9. The number of para-hydroxylation sites is 1. The smallest absolute Gasteiger partial charge is 0.306 e. The number of halogens is 2. The second-order valence-corrected chi connectivity index (χ2v) is 9.32. The minimum absolute atomic E-state index is 0.233. The van der Waals surface area contributed by atoms with Gasteiger partial charge in [-0.25, -0.2) is 4.98 Å². The van der Waals surface area contributed by atoms with Gasteiger partial charge in [0.25, 0.3) is 5.91 Å². The third-order valence-corrected chi connectivity index (χ3v) is 7.01. The molecule has 1 aromatic heterocycles. The Labute approximate surface area is 186 Å². The number of esters is 1. The average Bonchev–Trinajstić information content (AvgIpc) is 3.13. The van der Waals surface area contributed by atoms with Crippen molar-refractivity contribution in [2.75, 3.05) is 17.7 Å². The predicted molar refractivity (Wildman–Crippen MR) is 120 cm³/mol. The molecule has 0 radical (unpaired) electrons. The number of thiazole rings is 1. The summed E-state index contributed by atoms with van der Waals surface area (Å²) in [6.07, 6.45) is 0.869. The first kappa shape index (κ1) is 21.9. The number of fused-ring (bicyclic) bond motifs is 1. The Balaban J connectivity index is 1.37. The lowest BCUT2D eigenvalue weighted by molar-refractivity contribution is -0.147. The highest BCUT2D eigenvalue weighted by molar-refractivity contribution is 8.01. The molecule has 1 heterocycles. The summed E-state index contributed by atoms with van der Waals surface area (Å²) < 4.78 is 7.15. The van der Waals surface area contributed by atoms with E-state index in [0.717, 1.165) is 25.9 Å². The van der Waals surface area contributed by atoms with E-state index in [2.05, 4.69) is 10.3 Å². The van der Waals surface area contributed by atoms with Crippen LogP contribution in [0.5, 0.6) is 0 Å². The number of hydrogen-bond donors (Lipinski definition) is 1. The van der Waals surface area contributed by atoms with Gasteiger partial charge in [-0.3, -0.25) is 9.59 Å². The number of anilines is 1. The van der Waals surface area contributed by atoms with Gasteiger partial charge in [0.2, 0.25) is 0 Å². The van der Waals surface area contributed by atoms with Crippen molar-refractivity contribution < 1.29 is 14.3 Å². The number of benzene rings is 2. The molecule has 9 heteroatoms. The zero-order chi connectivity index (χ0) is 20.8. The van der Waals surface area contributed by atoms with E-state index in [4.69, 9.17) is 27.9 Å². The van der Waals surface area contributed by atoms with E-state index in [0.29, 0.717) is 22.2 Å². The molecule has 0 saturated carbocycles. The Morgan fingerprint density at radius 3 is 2.79 bits per heavy atom. The molecule has 1 N–H and O–H groups in total. The van der Waals surface area contributed by atoms with Gasteiger partial charge in [0.05, 0.1) is 25.9 Å². The van der Waals surface area contributed by atoms with Crippen molar-refractivity contribution in [1.82, 2.24) is 4.98 Å². The van der Waals surface area contributed by atoms with E-state index in [1.54, 1.807) is 42.2 Å². The van der Waals surface area contributed by atoms with E-state index < -0.39 is 11.9 Å². The minimum Gasteiger partial charge on any atom is -0.456 e. The molecule has 3 rings (SSSR count). The van der Waals surface area contributed by atoms with Crippen LogP contribution >= 0.6 is 46.3 Å². The van der Waals surface area contributed by atoms with Crippen LogP contribution in [-0.4, -0.2) is 29.2 Å². The van der Waals surface area contributed by atoms with Crippen molar-refractivity contribution >= 4 is 74.1 Å². The first-order chi connectivity index (χ1) is 13.9. The maximum Gasteiger partial charge on any atom is 0.306 e. The molecule has 0 fully saturated rings. The van der Waals surface area contributed by atoms with Gasteiger partial charge in [0.15, 0.2) is 10.9 Å². The first-order valence-corrected chi connectivity index (χ1v) is 11.4. The summed E-state index contributed by atoms with van der Waals surface area (Å²) in [5.41, 5.74) is 2.09. The summed E-state index contributed by atoms with van der Waals surface area (Å²) in [4.78, 5) is 28.4. The largest absolute Gasteiger partial charge is 0.456 e. The molecule has 0 saturated heterocycles. The van der Waals surface area contributed by atoms with E-state index >= 15 is 0 Å². The molecule has 2 aromatic carbocycles. The average molecular weight is 469 g/mol. The Bertz CT molecular complexity index is 1010. The lowest BCUT2D eigenvalue weighted by atomic mass is 10.2. The monoisotopic (exact) mass is 468 g/mol. The van der Waals surface area contributed by atoms with E-state index in [1.165, 1.54) is 0 Å². The van der Waals surface area contributed by atoms with Crippen LogP contribution in [0.25, 0.3) is 10.2 Å². The third kappa shape index (κ3) is 6.09. The molecule has 5 nitrogen and oxygen atoms in total. The molecule has 1 amide bonds. The first-order valence-electron chi connectivity index (χ1n) is 8.82. The Morgan fingerprint density at radius 1 is 1.21 bits per heavy atom. The van der Waals surface area contributed by atoms with Crippen LogP contribution in [0.15, 0.2) is 40.7 Å². The fraction of sp³-hybridized carbons (Fsp3) is 0.250. The van der Waals surface area contributed by atoms with Gasteiger partial charge in [-0.15, -0.1) is 11.3 Å². The van der Waals surface area contributed by atoms with E-state index in [1.807, 2.05) is 24.3 Å². The van der Waals surface area contributed by atoms with Crippen LogP contribution in [0.4, 0.5) is 5.69 Å². The van der Waals surface area contributed by atoms with Crippen molar-refractivity contribution in [3.63, 3.8) is 0 Å². The number of carbonyl (C=O) groups excluding carboxylic acids is 2. The number of nitrogens with one attached hydrogen (secondary N) is 1. The summed E-state index contributed by atoms with van der Waals surface area (Å²) in [7, 11) is 0. The van der Waals surface area contributed by atoms with Gasteiger partial charge < -0.3 is 10.1 Å². The summed E-state index contributed by atoms with van der Waals surface area (Å²) in [6, 6.07) is 11.4. The highest BCUT2D eigenvalue weighted by Gasteiger charge is 2.13. The number of amides is 1. The Kier molecular flexibility index (Phi) is 7.77. The molecule has 0 atom stereocenters. The molecule has 0 aliphatic rings. The van der Waals surface area contributed by atoms with Crippen LogP contribution in [0.2, 0.25) is 10.0 Å². The van der Waals surface area contributed by atoms with Gasteiger partial charge in [-0.05, 0) is 37.1 Å². The van der Waals surface area contributed by atoms with E-state index in [-0.39, 0.29) is 13.0 Å². The van der Waals surface area contributed by atoms with Gasteiger partial charge in [-0.1, -0.05) is 53.2 Å². The highest BCUT2D eigenvalue weighted by Crippen LogP contribution is 2.33. The van der Waals surface area contributed by atoms with Crippen LogP contribution in [0, 0.1) is 6.92 Å². The predicted octanol–water partition coefficient (Wildman–Crippen LogP) is 5.97. The SMILES string of the molecule is Cc1ccc(Cl)c(NC(=O)COC(=O)CCCSc2nc3ccccc3s2)c1Cl. The second kappa shape index (κ2) is 10.3.